The summed E-state index contributed by atoms with van der Waals surface area (Å²) in [5.41, 5.74) is 6.15. The van der Waals surface area contributed by atoms with Crippen molar-refractivity contribution in [3.63, 3.8) is 0 Å². The van der Waals surface area contributed by atoms with Gasteiger partial charge in [0.1, 0.15) is 5.65 Å². The van der Waals surface area contributed by atoms with E-state index in [2.05, 4.69) is 44.5 Å². The Bertz CT molecular complexity index is 1130. The van der Waals surface area contributed by atoms with E-state index in [9.17, 15) is 4.79 Å². The molecule has 1 amide bonds. The number of nitrogens with one attached hydrogen (secondary N) is 2. The molecule has 2 N–H and O–H groups in total. The fourth-order valence-corrected chi connectivity index (χ4v) is 3.65. The van der Waals surface area contributed by atoms with Crippen LogP contribution in [-0.2, 0) is 11.3 Å². The number of H-pyrrole nitrogens is 1. The van der Waals surface area contributed by atoms with E-state index < -0.39 is 0 Å². The van der Waals surface area contributed by atoms with Crippen LogP contribution in [0.4, 0.5) is 11.4 Å². The van der Waals surface area contributed by atoms with Gasteiger partial charge in [0.05, 0.1) is 17.9 Å². The number of nitrogens with zero attached hydrogens (tertiary/aromatic N) is 2. The number of rotatable bonds is 3. The van der Waals surface area contributed by atoms with Crippen LogP contribution in [0.2, 0.25) is 0 Å². The third-order valence-corrected chi connectivity index (χ3v) is 4.93. The Morgan fingerprint density at radius 1 is 1.04 bits per heavy atom. The number of amides is 1. The standard InChI is InChI=1S/C22H18N4O/c27-21-14-26(13-15-5-2-1-3-6-15)20-11-16(8-9-19(20)25-21)18-12-24-22-17(18)7-4-10-23-22/h1-12H,13-14H2,(H,23,24)(H,25,27). The molecule has 0 radical (unpaired) electrons. The molecule has 5 rings (SSSR count). The summed E-state index contributed by atoms with van der Waals surface area (Å²) < 4.78 is 0. The lowest BCUT2D eigenvalue weighted by atomic mass is 10.0. The summed E-state index contributed by atoms with van der Waals surface area (Å²) >= 11 is 0. The Balaban J connectivity index is 1.58. The van der Waals surface area contributed by atoms with E-state index in [1.807, 2.05) is 42.6 Å². The van der Waals surface area contributed by atoms with E-state index in [0.29, 0.717) is 13.1 Å². The van der Waals surface area contributed by atoms with Crippen LogP contribution in [-0.4, -0.2) is 22.4 Å². The van der Waals surface area contributed by atoms with Crippen molar-refractivity contribution in [3.8, 4) is 11.1 Å². The van der Waals surface area contributed by atoms with Crippen LogP contribution in [0.15, 0.2) is 73.1 Å². The van der Waals surface area contributed by atoms with Gasteiger partial charge in [-0.25, -0.2) is 4.98 Å². The molecule has 27 heavy (non-hydrogen) atoms. The fraction of sp³-hybridized carbons (Fsp3) is 0.0909. The molecule has 2 aromatic heterocycles. The van der Waals surface area contributed by atoms with Crippen molar-refractivity contribution < 1.29 is 4.79 Å². The summed E-state index contributed by atoms with van der Waals surface area (Å²) in [6.07, 6.45) is 3.77. The summed E-state index contributed by atoms with van der Waals surface area (Å²) in [5, 5.41) is 4.07. The van der Waals surface area contributed by atoms with Gasteiger partial charge in [0.25, 0.3) is 0 Å². The Morgan fingerprint density at radius 2 is 1.93 bits per heavy atom. The van der Waals surface area contributed by atoms with Crippen molar-refractivity contribution in [2.75, 3.05) is 16.8 Å². The second-order valence-corrected chi connectivity index (χ2v) is 6.72. The average Bonchev–Trinajstić information content (AvgIpc) is 3.13. The van der Waals surface area contributed by atoms with Gasteiger partial charge in [-0.3, -0.25) is 4.79 Å². The minimum absolute atomic E-state index is 0.0162. The van der Waals surface area contributed by atoms with Gasteiger partial charge in [-0.2, -0.15) is 0 Å². The zero-order chi connectivity index (χ0) is 18.2. The summed E-state index contributed by atoms with van der Waals surface area (Å²) in [4.78, 5) is 21.9. The summed E-state index contributed by atoms with van der Waals surface area (Å²) in [6.45, 7) is 1.04. The van der Waals surface area contributed by atoms with E-state index in [1.165, 1.54) is 5.56 Å². The maximum absolute atomic E-state index is 12.1. The molecule has 0 aliphatic carbocycles. The summed E-state index contributed by atoms with van der Waals surface area (Å²) in [5.74, 6) is 0.0162. The molecule has 0 bridgehead atoms. The predicted molar refractivity (Wildman–Crippen MR) is 108 cm³/mol. The minimum atomic E-state index is 0.0162. The maximum atomic E-state index is 12.1. The van der Waals surface area contributed by atoms with Gasteiger partial charge >= 0.3 is 0 Å². The third kappa shape index (κ3) is 2.83. The first-order valence-electron chi connectivity index (χ1n) is 8.93. The van der Waals surface area contributed by atoms with Gasteiger partial charge in [-0.15, -0.1) is 0 Å². The fourth-order valence-electron chi connectivity index (χ4n) is 3.65. The molecule has 2 aromatic carbocycles. The van der Waals surface area contributed by atoms with Crippen LogP contribution in [0.25, 0.3) is 22.2 Å². The molecular formula is C22H18N4O. The Labute approximate surface area is 156 Å². The van der Waals surface area contributed by atoms with Crippen LogP contribution >= 0.6 is 0 Å². The van der Waals surface area contributed by atoms with E-state index in [0.717, 1.165) is 33.5 Å². The van der Waals surface area contributed by atoms with Gasteiger partial charge in [0.2, 0.25) is 5.91 Å². The van der Waals surface area contributed by atoms with E-state index in [-0.39, 0.29) is 5.91 Å². The number of benzene rings is 2. The molecule has 1 aliphatic rings. The molecule has 1 aliphatic heterocycles. The van der Waals surface area contributed by atoms with Crippen molar-refractivity contribution in [1.82, 2.24) is 9.97 Å². The zero-order valence-electron chi connectivity index (χ0n) is 14.6. The quantitative estimate of drug-likeness (QED) is 0.580. The SMILES string of the molecule is O=C1CN(Cc2ccccc2)c2cc(-c3c[nH]c4ncccc34)ccc2N1. The molecule has 0 fully saturated rings. The molecule has 0 atom stereocenters. The molecule has 5 nitrogen and oxygen atoms in total. The number of carbonyl (C=O) groups is 1. The maximum Gasteiger partial charge on any atom is 0.243 e. The van der Waals surface area contributed by atoms with Gasteiger partial charge in [-0.1, -0.05) is 36.4 Å². The zero-order valence-corrected chi connectivity index (χ0v) is 14.6. The Hall–Kier alpha value is -3.60. The van der Waals surface area contributed by atoms with Crippen LogP contribution in [0.1, 0.15) is 5.56 Å². The highest BCUT2D eigenvalue weighted by Gasteiger charge is 2.23. The number of pyridine rings is 1. The number of fused-ring (bicyclic) bond motifs is 2. The Morgan fingerprint density at radius 3 is 2.81 bits per heavy atom. The largest absolute Gasteiger partial charge is 0.356 e. The number of hydrogen-bond acceptors (Lipinski definition) is 3. The number of hydrogen-bond donors (Lipinski definition) is 2. The van der Waals surface area contributed by atoms with Gasteiger partial charge in [0, 0.05) is 29.9 Å². The molecule has 4 aromatic rings. The van der Waals surface area contributed by atoms with Crippen molar-refractivity contribution >= 4 is 28.3 Å². The van der Waals surface area contributed by atoms with Gasteiger partial charge in [0.15, 0.2) is 0 Å². The summed E-state index contributed by atoms with van der Waals surface area (Å²) in [7, 11) is 0. The van der Waals surface area contributed by atoms with Crippen LogP contribution < -0.4 is 10.2 Å². The molecule has 3 heterocycles. The normalized spacial score (nSPS) is 13.5. The van der Waals surface area contributed by atoms with Gasteiger partial charge < -0.3 is 15.2 Å². The van der Waals surface area contributed by atoms with Crippen molar-refractivity contribution in [2.24, 2.45) is 0 Å². The molecular weight excluding hydrogens is 336 g/mol. The minimum Gasteiger partial charge on any atom is -0.356 e. The lowest BCUT2D eigenvalue weighted by Crippen LogP contribution is -2.37. The predicted octanol–water partition coefficient (Wildman–Crippen LogP) is 4.19. The molecule has 0 saturated heterocycles. The molecule has 132 valence electrons. The summed E-state index contributed by atoms with van der Waals surface area (Å²) in [6, 6.07) is 20.4. The smallest absolute Gasteiger partial charge is 0.243 e. The first-order chi connectivity index (χ1) is 13.3. The molecule has 5 heteroatoms. The highest BCUT2D eigenvalue weighted by molar-refractivity contribution is 6.03. The molecule has 0 saturated carbocycles. The van der Waals surface area contributed by atoms with E-state index >= 15 is 0 Å². The lowest BCUT2D eigenvalue weighted by molar-refractivity contribution is -0.115. The topological polar surface area (TPSA) is 61.0 Å². The first kappa shape index (κ1) is 15.6. The number of aromatic amines is 1. The lowest BCUT2D eigenvalue weighted by Gasteiger charge is -2.31. The first-order valence-corrected chi connectivity index (χ1v) is 8.93. The highest BCUT2D eigenvalue weighted by atomic mass is 16.2. The third-order valence-electron chi connectivity index (χ3n) is 4.93. The number of aromatic nitrogens is 2. The number of anilines is 2. The van der Waals surface area contributed by atoms with E-state index in [4.69, 9.17) is 0 Å². The van der Waals surface area contributed by atoms with Crippen LogP contribution in [0.3, 0.4) is 0 Å². The van der Waals surface area contributed by atoms with E-state index in [1.54, 1.807) is 6.20 Å². The average molecular weight is 354 g/mol. The van der Waals surface area contributed by atoms with Gasteiger partial charge in [-0.05, 0) is 35.4 Å². The molecule has 0 spiro atoms. The number of carbonyl (C=O) groups excluding carboxylic acids is 1. The molecule has 0 unspecified atom stereocenters. The second kappa shape index (κ2) is 6.29. The second-order valence-electron chi connectivity index (χ2n) is 6.72. The Kier molecular flexibility index (Phi) is 3.64. The van der Waals surface area contributed by atoms with Crippen molar-refractivity contribution in [3.05, 3.63) is 78.6 Å². The highest BCUT2D eigenvalue weighted by Crippen LogP contribution is 2.36. The monoisotopic (exact) mass is 354 g/mol. The van der Waals surface area contributed by atoms with Crippen LogP contribution in [0, 0.1) is 0 Å². The van der Waals surface area contributed by atoms with Crippen molar-refractivity contribution in [2.45, 2.75) is 6.54 Å². The van der Waals surface area contributed by atoms with Crippen molar-refractivity contribution in [1.29, 1.82) is 0 Å². The van der Waals surface area contributed by atoms with Crippen LogP contribution in [0.5, 0.6) is 0 Å².